The number of aliphatic imine (C=N–C) groups is 1. The van der Waals surface area contributed by atoms with Crippen LogP contribution in [0.4, 0.5) is 0 Å². The minimum atomic E-state index is -3.24. The third-order valence-electron chi connectivity index (χ3n) is 4.46. The zero-order valence-corrected chi connectivity index (χ0v) is 18.0. The molecule has 6 nitrogen and oxygen atoms in total. The van der Waals surface area contributed by atoms with Crippen LogP contribution in [0, 0.1) is 0 Å². The van der Waals surface area contributed by atoms with Gasteiger partial charge in [0.15, 0.2) is 15.8 Å². The number of hydrogen-bond donors (Lipinski definition) is 2. The molecule has 0 saturated carbocycles. The molecule has 2 aromatic carbocycles. The SMILES string of the molecule is CN=C(NCCCOC(C)c1ccccc1)NCCCS(=O)(=O)c1ccccc1. The van der Waals surface area contributed by atoms with E-state index in [2.05, 4.69) is 27.8 Å². The van der Waals surface area contributed by atoms with Crippen LogP contribution in [0.3, 0.4) is 0 Å². The number of sulfone groups is 1. The van der Waals surface area contributed by atoms with E-state index in [0.29, 0.717) is 30.4 Å². The van der Waals surface area contributed by atoms with Crippen molar-refractivity contribution in [2.24, 2.45) is 4.99 Å². The fourth-order valence-electron chi connectivity index (χ4n) is 2.79. The van der Waals surface area contributed by atoms with E-state index in [1.54, 1.807) is 31.3 Å². The molecule has 2 rings (SSSR count). The summed E-state index contributed by atoms with van der Waals surface area (Å²) < 4.78 is 30.4. The molecule has 0 aliphatic rings. The van der Waals surface area contributed by atoms with Crippen LogP contribution < -0.4 is 10.6 Å². The predicted octanol–water partition coefficient (Wildman–Crippen LogP) is 3.18. The number of benzene rings is 2. The highest BCUT2D eigenvalue weighted by atomic mass is 32.2. The first-order valence-electron chi connectivity index (χ1n) is 9.92. The van der Waals surface area contributed by atoms with Gasteiger partial charge in [0.25, 0.3) is 0 Å². The van der Waals surface area contributed by atoms with Gasteiger partial charge in [-0.3, -0.25) is 4.99 Å². The molecule has 7 heteroatoms. The zero-order chi connectivity index (χ0) is 21.0. The van der Waals surface area contributed by atoms with Gasteiger partial charge in [-0.15, -0.1) is 0 Å². The van der Waals surface area contributed by atoms with Crippen LogP contribution in [-0.4, -0.2) is 46.9 Å². The van der Waals surface area contributed by atoms with Crippen molar-refractivity contribution in [2.75, 3.05) is 32.5 Å². The Hall–Kier alpha value is -2.38. The summed E-state index contributed by atoms with van der Waals surface area (Å²) in [6, 6.07) is 18.7. The highest BCUT2D eigenvalue weighted by Gasteiger charge is 2.13. The molecule has 0 aromatic heterocycles. The Morgan fingerprint density at radius 1 is 0.966 bits per heavy atom. The van der Waals surface area contributed by atoms with Crippen molar-refractivity contribution < 1.29 is 13.2 Å². The standard InChI is InChI=1S/C22H31N3O3S/c1-19(20-11-5-3-6-12-20)28-17-9-15-24-22(23-2)25-16-10-18-29(26,27)21-13-7-4-8-14-21/h3-8,11-14,19H,9-10,15-18H2,1-2H3,(H2,23,24,25). The second-order valence-electron chi connectivity index (χ2n) is 6.69. The van der Waals surface area contributed by atoms with Crippen LogP contribution in [0.2, 0.25) is 0 Å². The Morgan fingerprint density at radius 3 is 2.17 bits per heavy atom. The van der Waals surface area contributed by atoms with Crippen molar-refractivity contribution in [1.82, 2.24) is 10.6 Å². The highest BCUT2D eigenvalue weighted by Crippen LogP contribution is 2.15. The molecule has 0 heterocycles. The Morgan fingerprint density at radius 2 is 1.55 bits per heavy atom. The average molecular weight is 418 g/mol. The maximum absolute atomic E-state index is 12.3. The summed E-state index contributed by atoms with van der Waals surface area (Å²) in [6.07, 6.45) is 1.43. The molecule has 2 aromatic rings. The van der Waals surface area contributed by atoms with Gasteiger partial charge in [-0.2, -0.15) is 0 Å². The lowest BCUT2D eigenvalue weighted by Crippen LogP contribution is -2.38. The van der Waals surface area contributed by atoms with Crippen molar-refractivity contribution in [2.45, 2.75) is 30.8 Å². The van der Waals surface area contributed by atoms with E-state index in [1.165, 1.54) is 5.56 Å². The highest BCUT2D eigenvalue weighted by molar-refractivity contribution is 7.91. The number of rotatable bonds is 11. The molecule has 0 spiro atoms. The molecule has 0 bridgehead atoms. The van der Waals surface area contributed by atoms with E-state index in [4.69, 9.17) is 4.74 Å². The second-order valence-corrected chi connectivity index (χ2v) is 8.80. The third-order valence-corrected chi connectivity index (χ3v) is 6.28. The number of nitrogens with one attached hydrogen (secondary N) is 2. The van der Waals surface area contributed by atoms with Gasteiger partial charge in [-0.25, -0.2) is 8.42 Å². The van der Waals surface area contributed by atoms with E-state index in [-0.39, 0.29) is 11.9 Å². The Kier molecular flexibility index (Phi) is 9.67. The minimum absolute atomic E-state index is 0.0696. The minimum Gasteiger partial charge on any atom is -0.374 e. The Bertz CT molecular complexity index is 840. The lowest BCUT2D eigenvalue weighted by Gasteiger charge is -2.15. The third kappa shape index (κ3) is 8.25. The first kappa shape index (κ1) is 22.9. The number of nitrogens with zero attached hydrogens (tertiary/aromatic N) is 1. The van der Waals surface area contributed by atoms with E-state index in [9.17, 15) is 8.42 Å². The maximum Gasteiger partial charge on any atom is 0.190 e. The van der Waals surface area contributed by atoms with Crippen LogP contribution >= 0.6 is 0 Å². The van der Waals surface area contributed by atoms with Gasteiger partial charge in [0.05, 0.1) is 16.8 Å². The van der Waals surface area contributed by atoms with E-state index >= 15 is 0 Å². The van der Waals surface area contributed by atoms with Crippen molar-refractivity contribution in [3.8, 4) is 0 Å². The quantitative estimate of drug-likeness (QED) is 0.333. The summed E-state index contributed by atoms with van der Waals surface area (Å²) in [4.78, 5) is 4.53. The summed E-state index contributed by atoms with van der Waals surface area (Å²) in [7, 11) is -1.54. The number of hydrogen-bond acceptors (Lipinski definition) is 4. The maximum atomic E-state index is 12.3. The first-order chi connectivity index (χ1) is 14.0. The summed E-state index contributed by atoms with van der Waals surface area (Å²) in [5.74, 6) is 0.768. The number of ether oxygens (including phenoxy) is 1. The molecule has 29 heavy (non-hydrogen) atoms. The van der Waals surface area contributed by atoms with Crippen LogP contribution in [0.25, 0.3) is 0 Å². The Labute approximate surface area is 174 Å². The van der Waals surface area contributed by atoms with Crippen LogP contribution in [0.5, 0.6) is 0 Å². The van der Waals surface area contributed by atoms with Crippen molar-refractivity contribution in [3.05, 3.63) is 66.2 Å². The zero-order valence-electron chi connectivity index (χ0n) is 17.2. The largest absolute Gasteiger partial charge is 0.374 e. The normalized spacial score (nSPS) is 13.1. The lowest BCUT2D eigenvalue weighted by atomic mass is 10.1. The molecule has 0 radical (unpaired) electrons. The molecule has 2 N–H and O–H groups in total. The van der Waals surface area contributed by atoms with E-state index in [0.717, 1.165) is 13.0 Å². The molecule has 158 valence electrons. The smallest absolute Gasteiger partial charge is 0.190 e. The van der Waals surface area contributed by atoms with Crippen LogP contribution in [0.1, 0.15) is 31.4 Å². The summed E-state index contributed by atoms with van der Waals surface area (Å²) in [5.41, 5.74) is 1.17. The lowest BCUT2D eigenvalue weighted by molar-refractivity contribution is 0.0646. The van der Waals surface area contributed by atoms with Gasteiger partial charge in [-0.05, 0) is 37.5 Å². The molecule has 0 aliphatic carbocycles. The van der Waals surface area contributed by atoms with Gasteiger partial charge in [0.1, 0.15) is 0 Å². The predicted molar refractivity (Wildman–Crippen MR) is 118 cm³/mol. The molecule has 0 aliphatic heterocycles. The molecular formula is C22H31N3O3S. The van der Waals surface area contributed by atoms with Crippen LogP contribution in [0.15, 0.2) is 70.6 Å². The second kappa shape index (κ2) is 12.2. The molecular weight excluding hydrogens is 386 g/mol. The topological polar surface area (TPSA) is 79.8 Å². The molecule has 1 atom stereocenters. The summed E-state index contributed by atoms with van der Waals surface area (Å²) in [6.45, 7) is 3.96. The average Bonchev–Trinajstić information content (AvgIpc) is 2.76. The van der Waals surface area contributed by atoms with E-state index < -0.39 is 9.84 Å². The van der Waals surface area contributed by atoms with Gasteiger partial charge in [0, 0.05) is 26.7 Å². The fraction of sp³-hybridized carbons (Fsp3) is 0.409. The van der Waals surface area contributed by atoms with Gasteiger partial charge in [0.2, 0.25) is 0 Å². The fourth-order valence-corrected chi connectivity index (χ4v) is 4.13. The Balaban J connectivity index is 1.59. The van der Waals surface area contributed by atoms with E-state index in [1.807, 2.05) is 31.2 Å². The molecule has 0 amide bonds. The van der Waals surface area contributed by atoms with Gasteiger partial charge in [-0.1, -0.05) is 48.5 Å². The van der Waals surface area contributed by atoms with Gasteiger partial charge >= 0.3 is 0 Å². The summed E-state index contributed by atoms with van der Waals surface area (Å²) in [5, 5.41) is 6.37. The molecule has 1 unspecified atom stereocenters. The number of guanidine groups is 1. The monoisotopic (exact) mass is 417 g/mol. The molecule has 0 fully saturated rings. The van der Waals surface area contributed by atoms with Crippen LogP contribution in [-0.2, 0) is 14.6 Å². The van der Waals surface area contributed by atoms with Crippen molar-refractivity contribution >= 4 is 15.8 Å². The summed E-state index contributed by atoms with van der Waals surface area (Å²) >= 11 is 0. The van der Waals surface area contributed by atoms with Crippen molar-refractivity contribution in [3.63, 3.8) is 0 Å². The van der Waals surface area contributed by atoms with Gasteiger partial charge < -0.3 is 15.4 Å². The van der Waals surface area contributed by atoms with Crippen molar-refractivity contribution in [1.29, 1.82) is 0 Å². The molecule has 0 saturated heterocycles. The first-order valence-corrected chi connectivity index (χ1v) is 11.6.